The zero-order valence-electron chi connectivity index (χ0n) is 13.7. The SMILES string of the molecule is CNC(c1cccc(OC2CC2)c1)C1CCCCC1(C)C. The van der Waals surface area contributed by atoms with Crippen LogP contribution in [0.5, 0.6) is 5.75 Å². The van der Waals surface area contributed by atoms with Crippen LogP contribution in [0.3, 0.4) is 0 Å². The van der Waals surface area contributed by atoms with Crippen LogP contribution in [0.2, 0.25) is 0 Å². The first kappa shape index (κ1) is 14.9. The summed E-state index contributed by atoms with van der Waals surface area (Å²) in [4.78, 5) is 0. The molecule has 0 radical (unpaired) electrons. The number of benzene rings is 1. The molecule has 2 heteroatoms. The van der Waals surface area contributed by atoms with Crippen LogP contribution in [0.25, 0.3) is 0 Å². The first-order valence-electron chi connectivity index (χ1n) is 8.54. The van der Waals surface area contributed by atoms with Crippen LogP contribution in [-0.4, -0.2) is 13.2 Å². The van der Waals surface area contributed by atoms with Gasteiger partial charge in [-0.1, -0.05) is 38.8 Å². The van der Waals surface area contributed by atoms with Crippen molar-refractivity contribution in [3.8, 4) is 5.75 Å². The maximum atomic E-state index is 5.97. The molecule has 1 aromatic carbocycles. The smallest absolute Gasteiger partial charge is 0.120 e. The number of hydrogen-bond donors (Lipinski definition) is 1. The summed E-state index contributed by atoms with van der Waals surface area (Å²) >= 11 is 0. The summed E-state index contributed by atoms with van der Waals surface area (Å²) in [6, 6.07) is 9.19. The summed E-state index contributed by atoms with van der Waals surface area (Å²) in [5, 5.41) is 3.58. The average molecular weight is 287 g/mol. The third-order valence-corrected chi connectivity index (χ3v) is 5.35. The van der Waals surface area contributed by atoms with Crippen LogP contribution in [-0.2, 0) is 0 Å². The van der Waals surface area contributed by atoms with Crippen molar-refractivity contribution < 1.29 is 4.74 Å². The van der Waals surface area contributed by atoms with Crippen molar-refractivity contribution in [2.24, 2.45) is 11.3 Å². The van der Waals surface area contributed by atoms with E-state index in [1.165, 1.54) is 44.1 Å². The minimum atomic E-state index is 0.416. The van der Waals surface area contributed by atoms with Crippen molar-refractivity contribution in [3.05, 3.63) is 29.8 Å². The molecule has 1 aromatic rings. The maximum Gasteiger partial charge on any atom is 0.120 e. The lowest BCUT2D eigenvalue weighted by Gasteiger charge is -2.43. The lowest BCUT2D eigenvalue weighted by atomic mass is 9.65. The Bertz CT molecular complexity index is 478. The van der Waals surface area contributed by atoms with Crippen molar-refractivity contribution in [1.29, 1.82) is 0 Å². The summed E-state index contributed by atoms with van der Waals surface area (Å²) in [6.07, 6.45) is 8.32. The van der Waals surface area contributed by atoms with Gasteiger partial charge >= 0.3 is 0 Å². The predicted molar refractivity (Wildman–Crippen MR) is 87.6 cm³/mol. The van der Waals surface area contributed by atoms with E-state index in [0.29, 0.717) is 23.5 Å². The third kappa shape index (κ3) is 3.42. The van der Waals surface area contributed by atoms with Gasteiger partial charge in [0.2, 0.25) is 0 Å². The maximum absolute atomic E-state index is 5.97. The van der Waals surface area contributed by atoms with Crippen molar-refractivity contribution in [2.75, 3.05) is 7.05 Å². The number of ether oxygens (including phenoxy) is 1. The molecule has 0 amide bonds. The standard InChI is InChI=1S/C19H29NO/c1-19(2)12-5-4-9-17(19)18(20-3)14-7-6-8-16(13-14)21-15-10-11-15/h6-8,13,15,17-18,20H,4-5,9-12H2,1-3H3. The molecule has 0 aromatic heterocycles. The van der Waals surface area contributed by atoms with Gasteiger partial charge in [-0.2, -0.15) is 0 Å². The molecular formula is C19H29NO. The fraction of sp³-hybridized carbons (Fsp3) is 0.684. The zero-order valence-corrected chi connectivity index (χ0v) is 13.7. The van der Waals surface area contributed by atoms with E-state index >= 15 is 0 Å². The second kappa shape index (κ2) is 6.00. The number of hydrogen-bond acceptors (Lipinski definition) is 2. The van der Waals surface area contributed by atoms with Crippen LogP contribution >= 0.6 is 0 Å². The van der Waals surface area contributed by atoms with E-state index in [1.54, 1.807) is 0 Å². The molecule has 1 N–H and O–H groups in total. The first-order chi connectivity index (χ1) is 10.1. The molecule has 21 heavy (non-hydrogen) atoms. The summed E-state index contributed by atoms with van der Waals surface area (Å²) in [7, 11) is 2.10. The normalized spacial score (nSPS) is 26.3. The Morgan fingerprint density at radius 2 is 2.00 bits per heavy atom. The minimum absolute atomic E-state index is 0.416. The van der Waals surface area contributed by atoms with Gasteiger partial charge in [-0.25, -0.2) is 0 Å². The molecule has 116 valence electrons. The number of nitrogens with one attached hydrogen (secondary N) is 1. The van der Waals surface area contributed by atoms with Crippen LogP contribution in [0.4, 0.5) is 0 Å². The van der Waals surface area contributed by atoms with E-state index in [1.807, 2.05) is 0 Å². The molecule has 2 aliphatic carbocycles. The van der Waals surface area contributed by atoms with Crippen molar-refractivity contribution in [2.45, 2.75) is 64.5 Å². The number of rotatable bonds is 5. The van der Waals surface area contributed by atoms with Crippen LogP contribution in [0.15, 0.2) is 24.3 Å². The van der Waals surface area contributed by atoms with Gasteiger partial charge in [-0.05, 0) is 61.8 Å². The van der Waals surface area contributed by atoms with Crippen LogP contribution < -0.4 is 10.1 Å². The molecule has 0 spiro atoms. The molecule has 2 nitrogen and oxygen atoms in total. The molecule has 0 heterocycles. The summed E-state index contributed by atoms with van der Waals surface area (Å²) < 4.78 is 5.97. The fourth-order valence-corrected chi connectivity index (χ4v) is 3.90. The van der Waals surface area contributed by atoms with Gasteiger partial charge in [0, 0.05) is 6.04 Å². The van der Waals surface area contributed by atoms with Crippen molar-refractivity contribution in [1.82, 2.24) is 5.32 Å². The lowest BCUT2D eigenvalue weighted by Crippen LogP contribution is -2.37. The predicted octanol–water partition coefficient (Wildman–Crippen LogP) is 4.70. The summed E-state index contributed by atoms with van der Waals surface area (Å²) in [5.74, 6) is 1.75. The molecule has 2 fully saturated rings. The second-order valence-electron chi connectivity index (χ2n) is 7.50. The van der Waals surface area contributed by atoms with Gasteiger partial charge < -0.3 is 10.1 Å². The summed E-state index contributed by atoms with van der Waals surface area (Å²) in [6.45, 7) is 4.87. The molecular weight excluding hydrogens is 258 g/mol. The van der Waals surface area contributed by atoms with E-state index < -0.39 is 0 Å². The van der Waals surface area contributed by atoms with Crippen molar-refractivity contribution >= 4 is 0 Å². The fourth-order valence-electron chi connectivity index (χ4n) is 3.90. The van der Waals surface area contributed by atoms with Gasteiger partial charge in [0.15, 0.2) is 0 Å². The highest BCUT2D eigenvalue weighted by molar-refractivity contribution is 5.32. The van der Waals surface area contributed by atoms with Crippen LogP contribution in [0, 0.1) is 11.3 Å². The monoisotopic (exact) mass is 287 g/mol. The average Bonchev–Trinajstić information content (AvgIpc) is 3.26. The molecule has 3 rings (SSSR count). The third-order valence-electron chi connectivity index (χ3n) is 5.35. The Labute approximate surface area is 129 Å². The lowest BCUT2D eigenvalue weighted by molar-refractivity contribution is 0.101. The topological polar surface area (TPSA) is 21.3 Å². The molecule has 2 saturated carbocycles. The molecule has 2 unspecified atom stereocenters. The molecule has 0 saturated heterocycles. The van der Waals surface area contributed by atoms with E-state index in [2.05, 4.69) is 50.5 Å². The van der Waals surface area contributed by atoms with E-state index in [9.17, 15) is 0 Å². The molecule has 2 atom stereocenters. The second-order valence-corrected chi connectivity index (χ2v) is 7.50. The van der Waals surface area contributed by atoms with Gasteiger partial charge in [0.1, 0.15) is 5.75 Å². The van der Waals surface area contributed by atoms with Crippen molar-refractivity contribution in [3.63, 3.8) is 0 Å². The molecule has 0 aliphatic heterocycles. The van der Waals surface area contributed by atoms with Gasteiger partial charge in [-0.15, -0.1) is 0 Å². The highest BCUT2D eigenvalue weighted by atomic mass is 16.5. The minimum Gasteiger partial charge on any atom is -0.490 e. The molecule has 0 bridgehead atoms. The molecule has 2 aliphatic rings. The summed E-state index contributed by atoms with van der Waals surface area (Å²) in [5.41, 5.74) is 1.80. The first-order valence-corrected chi connectivity index (χ1v) is 8.54. The van der Waals surface area contributed by atoms with Crippen LogP contribution in [0.1, 0.15) is 64.0 Å². The van der Waals surface area contributed by atoms with E-state index in [-0.39, 0.29) is 0 Å². The Kier molecular flexibility index (Phi) is 4.26. The Hall–Kier alpha value is -1.02. The quantitative estimate of drug-likeness (QED) is 0.847. The zero-order chi connectivity index (χ0) is 14.9. The highest BCUT2D eigenvalue weighted by Gasteiger charge is 2.37. The van der Waals surface area contributed by atoms with Gasteiger partial charge in [0.05, 0.1) is 6.10 Å². The van der Waals surface area contributed by atoms with Gasteiger partial charge in [-0.3, -0.25) is 0 Å². The van der Waals surface area contributed by atoms with Gasteiger partial charge in [0.25, 0.3) is 0 Å². The Morgan fingerprint density at radius 1 is 1.19 bits per heavy atom. The Balaban J connectivity index is 1.81. The Morgan fingerprint density at radius 3 is 2.67 bits per heavy atom. The highest BCUT2D eigenvalue weighted by Crippen LogP contribution is 2.47. The van der Waals surface area contributed by atoms with E-state index in [0.717, 1.165) is 5.75 Å². The largest absolute Gasteiger partial charge is 0.490 e. The van der Waals surface area contributed by atoms with E-state index in [4.69, 9.17) is 4.74 Å².